The first-order valence-electron chi connectivity index (χ1n) is 9.66. The zero-order valence-corrected chi connectivity index (χ0v) is 16.9. The van der Waals surface area contributed by atoms with Gasteiger partial charge in [-0.05, 0) is 29.3 Å². The van der Waals surface area contributed by atoms with Gasteiger partial charge in [0.25, 0.3) is 0 Å². The summed E-state index contributed by atoms with van der Waals surface area (Å²) in [5.41, 5.74) is 4.60. The van der Waals surface area contributed by atoms with Crippen molar-refractivity contribution in [3.63, 3.8) is 0 Å². The van der Waals surface area contributed by atoms with E-state index in [4.69, 9.17) is 9.47 Å². The van der Waals surface area contributed by atoms with Crippen LogP contribution in [0.2, 0.25) is 0 Å². The van der Waals surface area contributed by atoms with Crippen molar-refractivity contribution in [2.45, 2.75) is 12.5 Å². The van der Waals surface area contributed by atoms with Crippen molar-refractivity contribution in [2.75, 3.05) is 14.2 Å². The van der Waals surface area contributed by atoms with Gasteiger partial charge in [-0.2, -0.15) is 0 Å². The highest BCUT2D eigenvalue weighted by molar-refractivity contribution is 5.81. The summed E-state index contributed by atoms with van der Waals surface area (Å²) in [6.07, 6.45) is 1.86. The maximum Gasteiger partial charge on any atom is 0.225 e. The fourth-order valence-corrected chi connectivity index (χ4v) is 3.52. The summed E-state index contributed by atoms with van der Waals surface area (Å²) in [6, 6.07) is 21.1. The van der Waals surface area contributed by atoms with Crippen LogP contribution >= 0.6 is 0 Å². The monoisotopic (exact) mass is 401 g/mol. The highest BCUT2D eigenvalue weighted by Crippen LogP contribution is 2.27. The average molecular weight is 401 g/mol. The van der Waals surface area contributed by atoms with E-state index >= 15 is 0 Å². The molecule has 1 atom stereocenters. The normalized spacial score (nSPS) is 11.8. The van der Waals surface area contributed by atoms with E-state index in [0.29, 0.717) is 11.5 Å². The third-order valence-electron chi connectivity index (χ3n) is 5.06. The molecule has 0 aliphatic rings. The summed E-state index contributed by atoms with van der Waals surface area (Å²) >= 11 is 0. The van der Waals surface area contributed by atoms with Gasteiger partial charge in [0.15, 0.2) is 0 Å². The first-order chi connectivity index (χ1) is 14.7. The zero-order chi connectivity index (χ0) is 20.9. The Morgan fingerprint density at radius 2 is 1.83 bits per heavy atom. The van der Waals surface area contributed by atoms with Gasteiger partial charge in [-0.3, -0.25) is 4.79 Å². The molecule has 4 aromatic rings. The van der Waals surface area contributed by atoms with Gasteiger partial charge in [0, 0.05) is 11.6 Å². The number of benzene rings is 3. The molecular formula is C24H23N3O3. The molecule has 152 valence electrons. The molecule has 0 bridgehead atoms. The highest BCUT2D eigenvalue weighted by atomic mass is 16.5. The number of nitrogens with one attached hydrogen (secondary N) is 2. The number of nitrogens with zero attached hydrogens (tertiary/aromatic N) is 1. The lowest BCUT2D eigenvalue weighted by atomic mass is 9.97. The van der Waals surface area contributed by atoms with Crippen molar-refractivity contribution in [3.05, 3.63) is 89.7 Å². The lowest BCUT2D eigenvalue weighted by molar-refractivity contribution is -0.121. The van der Waals surface area contributed by atoms with Gasteiger partial charge < -0.3 is 19.8 Å². The van der Waals surface area contributed by atoms with Crippen molar-refractivity contribution in [3.8, 4) is 11.5 Å². The number of carbonyl (C=O) groups excluding carboxylic acids is 1. The van der Waals surface area contributed by atoms with E-state index in [1.165, 1.54) is 0 Å². The number of aromatic nitrogens is 2. The number of methoxy groups -OCH3 is 2. The van der Waals surface area contributed by atoms with Crippen LogP contribution in [0.5, 0.6) is 11.5 Å². The Morgan fingerprint density at radius 1 is 1.00 bits per heavy atom. The maximum absolute atomic E-state index is 13.0. The van der Waals surface area contributed by atoms with Crippen LogP contribution in [0.25, 0.3) is 11.0 Å². The van der Waals surface area contributed by atoms with Gasteiger partial charge in [0.1, 0.15) is 11.5 Å². The van der Waals surface area contributed by atoms with E-state index in [2.05, 4.69) is 15.3 Å². The molecule has 3 aromatic carbocycles. The summed E-state index contributed by atoms with van der Waals surface area (Å²) in [7, 11) is 3.19. The molecule has 0 fully saturated rings. The fourth-order valence-electron chi connectivity index (χ4n) is 3.52. The largest absolute Gasteiger partial charge is 0.497 e. The number of aromatic amines is 1. The van der Waals surface area contributed by atoms with Crippen molar-refractivity contribution in [1.82, 2.24) is 15.3 Å². The summed E-state index contributed by atoms with van der Waals surface area (Å²) in [5.74, 6) is 1.21. The molecular weight excluding hydrogens is 378 g/mol. The molecule has 1 amide bonds. The number of ether oxygens (including phenoxy) is 2. The number of amides is 1. The molecule has 6 heteroatoms. The topological polar surface area (TPSA) is 76.2 Å². The van der Waals surface area contributed by atoms with E-state index in [1.807, 2.05) is 60.7 Å². The third kappa shape index (κ3) is 4.12. The Bertz CT molecular complexity index is 1150. The predicted octanol–water partition coefficient (Wildman–Crippen LogP) is 4.03. The number of hydrogen-bond donors (Lipinski definition) is 2. The van der Waals surface area contributed by atoms with E-state index < -0.39 is 0 Å². The van der Waals surface area contributed by atoms with Crippen LogP contribution in [0.1, 0.15) is 22.7 Å². The van der Waals surface area contributed by atoms with E-state index in [9.17, 15) is 4.79 Å². The second kappa shape index (κ2) is 8.69. The van der Waals surface area contributed by atoms with Crippen molar-refractivity contribution < 1.29 is 14.3 Å². The smallest absolute Gasteiger partial charge is 0.225 e. The summed E-state index contributed by atoms with van der Waals surface area (Å²) in [6.45, 7) is 0. The molecule has 0 saturated heterocycles. The van der Waals surface area contributed by atoms with Crippen LogP contribution < -0.4 is 14.8 Å². The third-order valence-corrected chi connectivity index (χ3v) is 5.06. The Morgan fingerprint density at radius 3 is 2.60 bits per heavy atom. The minimum absolute atomic E-state index is 0.1000. The lowest BCUT2D eigenvalue weighted by Crippen LogP contribution is -2.30. The molecule has 4 rings (SSSR count). The van der Waals surface area contributed by atoms with Gasteiger partial charge in [-0.25, -0.2) is 4.98 Å². The van der Waals surface area contributed by atoms with Crippen LogP contribution in [0.15, 0.2) is 73.1 Å². The average Bonchev–Trinajstić information content (AvgIpc) is 3.26. The summed E-state index contributed by atoms with van der Waals surface area (Å²) in [5, 5.41) is 3.17. The minimum atomic E-state index is -0.282. The van der Waals surface area contributed by atoms with Crippen molar-refractivity contribution in [1.29, 1.82) is 0 Å². The minimum Gasteiger partial charge on any atom is -0.497 e. The van der Waals surface area contributed by atoms with Crippen LogP contribution in [0, 0.1) is 0 Å². The van der Waals surface area contributed by atoms with Crippen LogP contribution in [-0.2, 0) is 11.2 Å². The Labute approximate surface area is 174 Å². The molecule has 1 heterocycles. The summed E-state index contributed by atoms with van der Waals surface area (Å²) < 4.78 is 10.7. The second-order valence-electron chi connectivity index (χ2n) is 6.94. The predicted molar refractivity (Wildman–Crippen MR) is 116 cm³/mol. The first kappa shape index (κ1) is 19.5. The van der Waals surface area contributed by atoms with E-state index in [-0.39, 0.29) is 18.4 Å². The standard InChI is InChI=1S/C24H23N3O3/c1-29-19-10-8-17(22(14-19)30-2)13-23(28)27-24(16-6-4-3-5-7-16)18-9-11-20-21(12-18)26-15-25-20/h3-12,14-15,24H,13H2,1-2H3,(H,25,26)(H,27,28). The molecule has 1 unspecified atom stereocenters. The quantitative estimate of drug-likeness (QED) is 0.490. The van der Waals surface area contributed by atoms with Gasteiger partial charge in [0.05, 0.1) is 44.0 Å². The van der Waals surface area contributed by atoms with Gasteiger partial charge in [-0.1, -0.05) is 42.5 Å². The molecule has 0 spiro atoms. The van der Waals surface area contributed by atoms with Gasteiger partial charge >= 0.3 is 0 Å². The number of imidazole rings is 1. The SMILES string of the molecule is COc1ccc(CC(=O)NC(c2ccccc2)c2ccc3nc[nH]c3c2)c(OC)c1. The van der Waals surface area contributed by atoms with Gasteiger partial charge in [0.2, 0.25) is 5.91 Å². The molecule has 30 heavy (non-hydrogen) atoms. The van der Waals surface area contributed by atoms with E-state index in [1.54, 1.807) is 26.6 Å². The number of hydrogen-bond acceptors (Lipinski definition) is 4. The van der Waals surface area contributed by atoms with E-state index in [0.717, 1.165) is 27.7 Å². The molecule has 1 aromatic heterocycles. The van der Waals surface area contributed by atoms with Crippen LogP contribution in [-0.4, -0.2) is 30.1 Å². The van der Waals surface area contributed by atoms with Crippen molar-refractivity contribution >= 4 is 16.9 Å². The Balaban J connectivity index is 1.61. The van der Waals surface area contributed by atoms with Gasteiger partial charge in [-0.15, -0.1) is 0 Å². The lowest BCUT2D eigenvalue weighted by Gasteiger charge is -2.20. The molecule has 0 aliphatic carbocycles. The number of H-pyrrole nitrogens is 1. The Hall–Kier alpha value is -3.80. The molecule has 0 saturated carbocycles. The molecule has 2 N–H and O–H groups in total. The number of rotatable bonds is 7. The number of carbonyl (C=O) groups is 1. The first-order valence-corrected chi connectivity index (χ1v) is 9.66. The Kier molecular flexibility index (Phi) is 5.66. The molecule has 0 aliphatic heterocycles. The van der Waals surface area contributed by atoms with Crippen molar-refractivity contribution in [2.24, 2.45) is 0 Å². The van der Waals surface area contributed by atoms with Crippen LogP contribution in [0.4, 0.5) is 0 Å². The second-order valence-corrected chi connectivity index (χ2v) is 6.94. The maximum atomic E-state index is 13.0. The zero-order valence-electron chi connectivity index (χ0n) is 16.9. The molecule has 6 nitrogen and oxygen atoms in total. The summed E-state index contributed by atoms with van der Waals surface area (Å²) in [4.78, 5) is 20.4. The fraction of sp³-hybridized carbons (Fsp3) is 0.167. The highest BCUT2D eigenvalue weighted by Gasteiger charge is 2.19. The molecule has 0 radical (unpaired) electrons. The van der Waals surface area contributed by atoms with Crippen LogP contribution in [0.3, 0.4) is 0 Å². The number of fused-ring (bicyclic) bond motifs is 1.